The first kappa shape index (κ1) is 6.32. The molecule has 1 N–H and O–H groups in total. The lowest BCUT2D eigenvalue weighted by atomic mass is 10.5. The minimum Gasteiger partial charge on any atom is -0.339 e. The minimum absolute atomic E-state index is 0.277. The highest BCUT2D eigenvalue weighted by Gasteiger charge is 1.90. The summed E-state index contributed by atoms with van der Waals surface area (Å²) in [5.74, 6) is 0.277. The van der Waals surface area contributed by atoms with Gasteiger partial charge in [-0.2, -0.15) is 0 Å². The Bertz CT molecular complexity index is 187. The maximum atomic E-state index is 8.05. The Morgan fingerprint density at radius 1 is 1.56 bits per heavy atom. The van der Waals surface area contributed by atoms with Crippen molar-refractivity contribution in [2.24, 2.45) is 0 Å². The molecule has 1 rings (SSSR count). The lowest BCUT2D eigenvalue weighted by Crippen LogP contribution is -1.83. The standard InChI is InChI=1S/C5H4ClNO2/c6-5-2-1-4(9-8)3-7-5/h1-3,8H. The van der Waals surface area contributed by atoms with Gasteiger partial charge in [0.15, 0.2) is 5.75 Å². The molecule has 1 aromatic rings. The fourth-order valence-electron chi connectivity index (χ4n) is 0.416. The van der Waals surface area contributed by atoms with Gasteiger partial charge < -0.3 is 4.89 Å². The van der Waals surface area contributed by atoms with E-state index in [9.17, 15) is 0 Å². The Labute approximate surface area is 56.8 Å². The molecule has 0 aromatic carbocycles. The van der Waals surface area contributed by atoms with E-state index in [0.29, 0.717) is 5.15 Å². The van der Waals surface area contributed by atoms with Crippen LogP contribution in [0.4, 0.5) is 0 Å². The van der Waals surface area contributed by atoms with Crippen molar-refractivity contribution < 1.29 is 10.1 Å². The second kappa shape index (κ2) is 2.66. The van der Waals surface area contributed by atoms with Crippen LogP contribution >= 0.6 is 11.6 Å². The first-order chi connectivity index (χ1) is 4.33. The average molecular weight is 146 g/mol. The topological polar surface area (TPSA) is 42.4 Å². The Kier molecular flexibility index (Phi) is 1.87. The normalized spacial score (nSPS) is 9.11. The molecule has 1 heterocycles. The molecule has 0 aliphatic carbocycles. The molecule has 0 bridgehead atoms. The van der Waals surface area contributed by atoms with Crippen LogP contribution in [0, 0.1) is 0 Å². The van der Waals surface area contributed by atoms with Gasteiger partial charge in [0.05, 0.1) is 6.20 Å². The van der Waals surface area contributed by atoms with E-state index in [4.69, 9.17) is 16.9 Å². The molecule has 3 nitrogen and oxygen atoms in total. The number of aromatic nitrogens is 1. The highest BCUT2D eigenvalue weighted by molar-refractivity contribution is 6.29. The molecule has 1 aromatic heterocycles. The van der Waals surface area contributed by atoms with Crippen LogP contribution in [-0.4, -0.2) is 10.2 Å². The van der Waals surface area contributed by atoms with Crippen LogP contribution in [-0.2, 0) is 0 Å². The molecule has 48 valence electrons. The smallest absolute Gasteiger partial charge is 0.183 e. The number of halogens is 1. The van der Waals surface area contributed by atoms with Crippen molar-refractivity contribution in [3.05, 3.63) is 23.5 Å². The predicted octanol–water partition coefficient (Wildman–Crippen LogP) is 1.59. The van der Waals surface area contributed by atoms with Gasteiger partial charge in [-0.05, 0) is 12.1 Å². The summed E-state index contributed by atoms with van der Waals surface area (Å²) >= 11 is 5.42. The molecule has 0 unspecified atom stereocenters. The van der Waals surface area contributed by atoms with Crippen LogP contribution in [0.1, 0.15) is 0 Å². The van der Waals surface area contributed by atoms with E-state index in [1.165, 1.54) is 18.3 Å². The molecule has 0 saturated heterocycles. The predicted molar refractivity (Wildman–Crippen MR) is 32.5 cm³/mol. The third kappa shape index (κ3) is 1.55. The zero-order valence-corrected chi connectivity index (χ0v) is 5.17. The van der Waals surface area contributed by atoms with E-state index >= 15 is 0 Å². The first-order valence-corrected chi connectivity index (χ1v) is 2.63. The molecule has 0 fully saturated rings. The summed E-state index contributed by atoms with van der Waals surface area (Å²) in [7, 11) is 0. The molecule has 0 aliphatic rings. The molecule has 0 saturated carbocycles. The van der Waals surface area contributed by atoms with E-state index in [0.717, 1.165) is 0 Å². The number of pyridine rings is 1. The van der Waals surface area contributed by atoms with Gasteiger partial charge in [0.25, 0.3) is 0 Å². The quantitative estimate of drug-likeness (QED) is 0.371. The second-order valence-electron chi connectivity index (χ2n) is 1.41. The minimum atomic E-state index is 0.277. The maximum Gasteiger partial charge on any atom is 0.183 e. The Morgan fingerprint density at radius 2 is 2.33 bits per heavy atom. The van der Waals surface area contributed by atoms with Gasteiger partial charge in [-0.25, -0.2) is 10.2 Å². The van der Waals surface area contributed by atoms with Crippen LogP contribution in [0.3, 0.4) is 0 Å². The molecule has 4 heteroatoms. The van der Waals surface area contributed by atoms with Crippen LogP contribution in [0.5, 0.6) is 5.75 Å². The molecular weight excluding hydrogens is 142 g/mol. The first-order valence-electron chi connectivity index (χ1n) is 2.26. The van der Waals surface area contributed by atoms with E-state index < -0.39 is 0 Å². The zero-order valence-electron chi connectivity index (χ0n) is 4.41. The molecule has 0 atom stereocenters. The van der Waals surface area contributed by atoms with E-state index in [-0.39, 0.29) is 5.75 Å². The zero-order chi connectivity index (χ0) is 6.69. The Morgan fingerprint density at radius 3 is 2.78 bits per heavy atom. The van der Waals surface area contributed by atoms with Gasteiger partial charge >= 0.3 is 0 Å². The number of rotatable bonds is 1. The van der Waals surface area contributed by atoms with Gasteiger partial charge in [0.2, 0.25) is 0 Å². The molecule has 0 aliphatic heterocycles. The van der Waals surface area contributed by atoms with Crippen LogP contribution < -0.4 is 4.89 Å². The summed E-state index contributed by atoms with van der Waals surface area (Å²) in [5, 5.41) is 8.42. The van der Waals surface area contributed by atoms with Gasteiger partial charge in [-0.3, -0.25) is 0 Å². The SMILES string of the molecule is OOc1ccc(Cl)nc1. The molecule has 0 amide bonds. The number of hydrogen-bond acceptors (Lipinski definition) is 3. The van der Waals surface area contributed by atoms with E-state index in [2.05, 4.69) is 9.87 Å². The van der Waals surface area contributed by atoms with Crippen molar-refractivity contribution in [3.63, 3.8) is 0 Å². The van der Waals surface area contributed by atoms with Gasteiger partial charge in [0, 0.05) is 0 Å². The number of hydrogen-bond donors (Lipinski definition) is 1. The third-order valence-corrected chi connectivity index (χ3v) is 1.03. The summed E-state index contributed by atoms with van der Waals surface area (Å²) in [6, 6.07) is 3.03. The Balaban J connectivity index is 2.88. The van der Waals surface area contributed by atoms with Crippen LogP contribution in [0.25, 0.3) is 0 Å². The third-order valence-electron chi connectivity index (χ3n) is 0.806. The van der Waals surface area contributed by atoms with Crippen molar-refractivity contribution in [3.8, 4) is 5.75 Å². The Hall–Kier alpha value is -0.800. The lowest BCUT2D eigenvalue weighted by molar-refractivity contribution is -0.137. The van der Waals surface area contributed by atoms with E-state index in [1.54, 1.807) is 0 Å². The summed E-state index contributed by atoms with van der Waals surface area (Å²) in [6.07, 6.45) is 1.32. The largest absolute Gasteiger partial charge is 0.339 e. The molecule has 9 heavy (non-hydrogen) atoms. The maximum absolute atomic E-state index is 8.05. The highest BCUT2D eigenvalue weighted by atomic mass is 35.5. The van der Waals surface area contributed by atoms with Gasteiger partial charge in [-0.1, -0.05) is 11.6 Å². The van der Waals surface area contributed by atoms with E-state index in [1.807, 2.05) is 0 Å². The number of nitrogens with zero attached hydrogens (tertiary/aromatic N) is 1. The summed E-state index contributed by atoms with van der Waals surface area (Å²) in [6.45, 7) is 0. The van der Waals surface area contributed by atoms with Crippen molar-refractivity contribution in [2.75, 3.05) is 0 Å². The highest BCUT2D eigenvalue weighted by Crippen LogP contribution is 2.10. The lowest BCUT2D eigenvalue weighted by Gasteiger charge is -1.92. The molecular formula is C5H4ClNO2. The van der Waals surface area contributed by atoms with Gasteiger partial charge in [-0.15, -0.1) is 0 Å². The summed E-state index contributed by atoms with van der Waals surface area (Å²) in [4.78, 5) is 7.48. The summed E-state index contributed by atoms with van der Waals surface area (Å²) in [5.41, 5.74) is 0. The van der Waals surface area contributed by atoms with Gasteiger partial charge in [0.1, 0.15) is 5.15 Å². The van der Waals surface area contributed by atoms with Crippen molar-refractivity contribution in [2.45, 2.75) is 0 Å². The molecule has 0 radical (unpaired) electrons. The monoisotopic (exact) mass is 145 g/mol. The fraction of sp³-hybridized carbons (Fsp3) is 0. The van der Waals surface area contributed by atoms with Crippen molar-refractivity contribution in [1.29, 1.82) is 0 Å². The van der Waals surface area contributed by atoms with Crippen molar-refractivity contribution in [1.82, 2.24) is 4.98 Å². The average Bonchev–Trinajstić information content (AvgIpc) is 1.90. The fourth-order valence-corrected chi connectivity index (χ4v) is 0.528. The second-order valence-corrected chi connectivity index (χ2v) is 1.80. The molecule has 0 spiro atoms. The summed E-state index contributed by atoms with van der Waals surface area (Å²) < 4.78 is 0. The van der Waals surface area contributed by atoms with Crippen LogP contribution in [0.15, 0.2) is 18.3 Å². The van der Waals surface area contributed by atoms with Crippen LogP contribution in [0.2, 0.25) is 5.15 Å². The van der Waals surface area contributed by atoms with Crippen molar-refractivity contribution >= 4 is 11.6 Å².